The van der Waals surface area contributed by atoms with Crippen LogP contribution in [-0.2, 0) is 4.74 Å². The summed E-state index contributed by atoms with van der Waals surface area (Å²) in [7, 11) is 1.78. The van der Waals surface area contributed by atoms with E-state index in [9.17, 15) is 4.79 Å². The highest BCUT2D eigenvalue weighted by Crippen LogP contribution is 2.30. The normalized spacial score (nSPS) is 18.2. The van der Waals surface area contributed by atoms with Gasteiger partial charge in [0.2, 0.25) is 0 Å². The molecule has 8 heteroatoms. The second kappa shape index (κ2) is 6.56. The summed E-state index contributed by atoms with van der Waals surface area (Å²) in [5.41, 5.74) is 0.198. The van der Waals surface area contributed by atoms with Crippen molar-refractivity contribution in [1.82, 2.24) is 15.3 Å². The second-order valence-electron chi connectivity index (χ2n) is 6.19. The van der Waals surface area contributed by atoms with Gasteiger partial charge in [0.05, 0.1) is 6.04 Å². The first-order chi connectivity index (χ1) is 10.3. The number of carbonyl (C=O) groups is 1. The molecule has 1 aliphatic heterocycles. The summed E-state index contributed by atoms with van der Waals surface area (Å²) >= 11 is 6.07. The van der Waals surface area contributed by atoms with Gasteiger partial charge in [0, 0.05) is 20.1 Å². The van der Waals surface area contributed by atoms with E-state index in [4.69, 9.17) is 16.3 Å². The van der Waals surface area contributed by atoms with Gasteiger partial charge in [0.15, 0.2) is 11.0 Å². The number of aromatic nitrogens is 2. The number of amides is 1. The number of halogens is 1. The lowest BCUT2D eigenvalue weighted by Gasteiger charge is -2.23. The van der Waals surface area contributed by atoms with Crippen LogP contribution in [-0.4, -0.2) is 47.8 Å². The van der Waals surface area contributed by atoms with Gasteiger partial charge in [-0.2, -0.15) is 0 Å². The molecular formula is C14H22ClN5O2. The van der Waals surface area contributed by atoms with Crippen LogP contribution in [0.5, 0.6) is 0 Å². The highest BCUT2D eigenvalue weighted by molar-refractivity contribution is 6.32. The van der Waals surface area contributed by atoms with Crippen molar-refractivity contribution < 1.29 is 9.53 Å². The van der Waals surface area contributed by atoms with Gasteiger partial charge in [-0.05, 0) is 27.2 Å². The van der Waals surface area contributed by atoms with Crippen LogP contribution in [0.3, 0.4) is 0 Å². The smallest absolute Gasteiger partial charge is 0.407 e. The van der Waals surface area contributed by atoms with Gasteiger partial charge >= 0.3 is 6.09 Å². The number of alkyl carbamates (subject to hydrolysis) is 1. The Kier molecular flexibility index (Phi) is 4.95. The molecule has 2 N–H and O–H groups in total. The molecule has 122 valence electrons. The zero-order valence-corrected chi connectivity index (χ0v) is 14.1. The van der Waals surface area contributed by atoms with Crippen molar-refractivity contribution in [2.45, 2.75) is 38.8 Å². The molecule has 0 aromatic carbocycles. The van der Waals surface area contributed by atoms with Crippen LogP contribution in [0.1, 0.15) is 27.2 Å². The van der Waals surface area contributed by atoms with Crippen molar-refractivity contribution in [3.05, 3.63) is 11.5 Å². The average molecular weight is 328 g/mol. The minimum Gasteiger partial charge on any atom is -0.444 e. The third-order valence-corrected chi connectivity index (χ3v) is 3.53. The molecule has 22 heavy (non-hydrogen) atoms. The number of nitrogens with zero attached hydrogens (tertiary/aromatic N) is 3. The molecule has 0 radical (unpaired) electrons. The van der Waals surface area contributed by atoms with Gasteiger partial charge in [-0.1, -0.05) is 11.6 Å². The minimum absolute atomic E-state index is 0.0216. The lowest BCUT2D eigenvalue weighted by atomic mass is 10.2. The summed E-state index contributed by atoms with van der Waals surface area (Å²) in [5.74, 6) is 0.746. The van der Waals surface area contributed by atoms with Crippen LogP contribution in [0.2, 0.25) is 5.15 Å². The molecule has 2 heterocycles. The highest BCUT2D eigenvalue weighted by atomic mass is 35.5. The first kappa shape index (κ1) is 16.6. The molecule has 1 amide bonds. The molecule has 1 atom stereocenters. The van der Waals surface area contributed by atoms with Gasteiger partial charge in [-0.3, -0.25) is 0 Å². The molecule has 1 aromatic heterocycles. The van der Waals surface area contributed by atoms with Gasteiger partial charge in [-0.25, -0.2) is 14.8 Å². The van der Waals surface area contributed by atoms with E-state index in [1.165, 1.54) is 6.33 Å². The van der Waals surface area contributed by atoms with Crippen LogP contribution in [0.15, 0.2) is 6.33 Å². The summed E-state index contributed by atoms with van der Waals surface area (Å²) in [5, 5.41) is 6.29. The predicted octanol–water partition coefficient (Wildman–Crippen LogP) is 2.28. The number of hydrogen-bond acceptors (Lipinski definition) is 6. The molecule has 1 aliphatic rings. The van der Waals surface area contributed by atoms with Crippen molar-refractivity contribution in [1.29, 1.82) is 0 Å². The highest BCUT2D eigenvalue weighted by Gasteiger charge is 2.28. The van der Waals surface area contributed by atoms with Crippen LogP contribution in [0.4, 0.5) is 16.3 Å². The maximum atomic E-state index is 11.8. The van der Waals surface area contributed by atoms with Crippen molar-refractivity contribution in [2.24, 2.45) is 0 Å². The Hall–Kier alpha value is -1.76. The lowest BCUT2D eigenvalue weighted by molar-refractivity contribution is 0.0509. The molecule has 0 spiro atoms. The fraction of sp³-hybridized carbons (Fsp3) is 0.643. The molecule has 0 aliphatic carbocycles. The summed E-state index contributed by atoms with van der Waals surface area (Å²) in [6.07, 6.45) is 1.87. The SMILES string of the molecule is CNc1c(Cl)ncnc1N1CC[C@@H](NC(=O)OC(C)(C)C)C1. The quantitative estimate of drug-likeness (QED) is 0.829. The van der Waals surface area contributed by atoms with E-state index < -0.39 is 11.7 Å². The van der Waals surface area contributed by atoms with Gasteiger partial charge < -0.3 is 20.3 Å². The van der Waals surface area contributed by atoms with E-state index in [-0.39, 0.29) is 6.04 Å². The molecule has 0 bridgehead atoms. The van der Waals surface area contributed by atoms with Gasteiger partial charge in [-0.15, -0.1) is 0 Å². The van der Waals surface area contributed by atoms with E-state index >= 15 is 0 Å². The Labute approximate surface area is 135 Å². The fourth-order valence-corrected chi connectivity index (χ4v) is 2.58. The van der Waals surface area contributed by atoms with Gasteiger partial charge in [0.1, 0.15) is 17.6 Å². The Morgan fingerprint density at radius 3 is 2.82 bits per heavy atom. The second-order valence-corrected chi connectivity index (χ2v) is 6.55. The molecule has 7 nitrogen and oxygen atoms in total. The van der Waals surface area contributed by atoms with E-state index in [0.29, 0.717) is 17.4 Å². The zero-order chi connectivity index (χ0) is 16.3. The number of nitrogens with one attached hydrogen (secondary N) is 2. The summed E-state index contributed by atoms with van der Waals surface area (Å²) < 4.78 is 5.28. The number of hydrogen-bond donors (Lipinski definition) is 2. The first-order valence-corrected chi connectivity index (χ1v) is 7.60. The fourth-order valence-electron chi connectivity index (χ4n) is 2.35. The van der Waals surface area contributed by atoms with Crippen LogP contribution in [0.25, 0.3) is 0 Å². The third-order valence-electron chi connectivity index (χ3n) is 3.24. The van der Waals surface area contributed by atoms with Crippen molar-refractivity contribution in [3.8, 4) is 0 Å². The molecule has 0 saturated carbocycles. The van der Waals surface area contributed by atoms with Crippen LogP contribution < -0.4 is 15.5 Å². The molecule has 0 unspecified atom stereocenters. The molecule has 1 saturated heterocycles. The minimum atomic E-state index is -0.498. The zero-order valence-electron chi connectivity index (χ0n) is 13.3. The van der Waals surface area contributed by atoms with Crippen LogP contribution in [0, 0.1) is 0 Å². The lowest BCUT2D eigenvalue weighted by Crippen LogP contribution is -2.40. The average Bonchev–Trinajstić information content (AvgIpc) is 2.84. The monoisotopic (exact) mass is 327 g/mol. The Morgan fingerprint density at radius 1 is 1.45 bits per heavy atom. The largest absolute Gasteiger partial charge is 0.444 e. The van der Waals surface area contributed by atoms with E-state index in [0.717, 1.165) is 18.8 Å². The first-order valence-electron chi connectivity index (χ1n) is 7.23. The molecule has 2 rings (SSSR count). The molecular weight excluding hydrogens is 306 g/mol. The Balaban J connectivity index is 1.99. The Morgan fingerprint density at radius 2 is 2.18 bits per heavy atom. The molecule has 1 fully saturated rings. The van der Waals surface area contributed by atoms with E-state index in [1.54, 1.807) is 7.05 Å². The number of ether oxygens (including phenoxy) is 1. The number of anilines is 2. The number of carbonyl (C=O) groups excluding carboxylic acids is 1. The van der Waals surface area contributed by atoms with E-state index in [1.807, 2.05) is 20.8 Å². The summed E-state index contributed by atoms with van der Waals surface area (Å²) in [4.78, 5) is 22.1. The third kappa shape index (κ3) is 4.13. The van der Waals surface area contributed by atoms with Crippen molar-refractivity contribution in [2.75, 3.05) is 30.4 Å². The summed E-state index contributed by atoms with van der Waals surface area (Å²) in [6.45, 7) is 6.96. The van der Waals surface area contributed by atoms with Crippen LogP contribution >= 0.6 is 11.6 Å². The molecule has 1 aromatic rings. The van der Waals surface area contributed by atoms with E-state index in [2.05, 4.69) is 25.5 Å². The summed E-state index contributed by atoms with van der Waals surface area (Å²) in [6, 6.07) is 0.0216. The van der Waals surface area contributed by atoms with Gasteiger partial charge in [0.25, 0.3) is 0 Å². The maximum absolute atomic E-state index is 11.8. The predicted molar refractivity (Wildman–Crippen MR) is 86.6 cm³/mol. The van der Waals surface area contributed by atoms with Crippen molar-refractivity contribution in [3.63, 3.8) is 0 Å². The van der Waals surface area contributed by atoms with Crippen molar-refractivity contribution >= 4 is 29.2 Å². The Bertz CT molecular complexity index is 547. The topological polar surface area (TPSA) is 79.4 Å². The standard InChI is InChI=1S/C14H22ClN5O2/c1-14(2,3)22-13(21)19-9-5-6-20(7-9)12-10(16-4)11(15)17-8-18-12/h8-9,16H,5-7H2,1-4H3,(H,19,21)/t9-/m1/s1. The number of rotatable bonds is 3. The maximum Gasteiger partial charge on any atom is 0.407 e.